The van der Waals surface area contributed by atoms with Gasteiger partial charge in [0.1, 0.15) is 5.75 Å². The Morgan fingerprint density at radius 1 is 1.06 bits per heavy atom. The van der Waals surface area contributed by atoms with Crippen LogP contribution in [-0.4, -0.2) is 37.0 Å². The van der Waals surface area contributed by atoms with Crippen LogP contribution in [0.4, 0.5) is 13.2 Å². The molecule has 0 N–H and O–H groups in total. The van der Waals surface area contributed by atoms with Gasteiger partial charge >= 0.3 is 12.1 Å². The Labute approximate surface area is 191 Å². The summed E-state index contributed by atoms with van der Waals surface area (Å²) in [6, 6.07) is 8.64. The van der Waals surface area contributed by atoms with E-state index in [2.05, 4.69) is 0 Å². The Bertz CT molecular complexity index is 1020. The lowest BCUT2D eigenvalue weighted by Gasteiger charge is -2.24. The van der Waals surface area contributed by atoms with Gasteiger partial charge in [-0.1, -0.05) is 12.1 Å². The van der Waals surface area contributed by atoms with Crippen LogP contribution in [0, 0.1) is 5.92 Å². The summed E-state index contributed by atoms with van der Waals surface area (Å²) in [7, 11) is 1.47. The monoisotopic (exact) mass is 463 g/mol. The van der Waals surface area contributed by atoms with E-state index < -0.39 is 17.7 Å². The summed E-state index contributed by atoms with van der Waals surface area (Å²) in [5, 5.41) is 0. The molecule has 2 aromatic carbocycles. The Morgan fingerprint density at radius 2 is 1.79 bits per heavy atom. The molecule has 8 heteroatoms. The third-order valence-corrected chi connectivity index (χ3v) is 5.62. The smallest absolute Gasteiger partial charge is 0.416 e. The second-order valence-corrected chi connectivity index (χ2v) is 8.01. The third-order valence-electron chi connectivity index (χ3n) is 5.62. The molecule has 33 heavy (non-hydrogen) atoms. The summed E-state index contributed by atoms with van der Waals surface area (Å²) in [5.41, 5.74) is 1.31. The molecule has 0 spiro atoms. The molecule has 178 valence electrons. The summed E-state index contributed by atoms with van der Waals surface area (Å²) in [5.74, 6) is -0.0147. The number of nitrogens with zero attached hydrogens (tertiary/aromatic N) is 1. The summed E-state index contributed by atoms with van der Waals surface area (Å²) >= 11 is 0. The van der Waals surface area contributed by atoms with Gasteiger partial charge in [0.15, 0.2) is 0 Å². The van der Waals surface area contributed by atoms with Crippen LogP contribution in [0.15, 0.2) is 36.4 Å². The molecule has 0 heterocycles. The Morgan fingerprint density at radius 3 is 2.36 bits per heavy atom. The lowest BCUT2D eigenvalue weighted by Crippen LogP contribution is -2.31. The molecule has 3 rings (SSSR count). The van der Waals surface area contributed by atoms with Gasteiger partial charge in [0.25, 0.3) is 0 Å². The molecular formula is C25H28F3NO4. The maximum Gasteiger partial charge on any atom is 0.416 e. The van der Waals surface area contributed by atoms with E-state index >= 15 is 0 Å². The Kier molecular flexibility index (Phi) is 7.66. The zero-order valence-corrected chi connectivity index (χ0v) is 19.0. The van der Waals surface area contributed by atoms with Crippen molar-refractivity contribution in [1.29, 1.82) is 0 Å². The van der Waals surface area contributed by atoms with Gasteiger partial charge in [-0.3, -0.25) is 9.59 Å². The van der Waals surface area contributed by atoms with Crippen LogP contribution in [0.25, 0.3) is 11.1 Å². The predicted octanol–water partition coefficient (Wildman–Crippen LogP) is 5.25. The fourth-order valence-corrected chi connectivity index (χ4v) is 3.76. The Hall–Kier alpha value is -3.03. The molecule has 0 saturated heterocycles. The van der Waals surface area contributed by atoms with Gasteiger partial charge in [-0.25, -0.2) is 0 Å². The minimum absolute atomic E-state index is 0.0298. The largest absolute Gasteiger partial charge is 0.496 e. The van der Waals surface area contributed by atoms with Crippen LogP contribution in [0.1, 0.15) is 43.4 Å². The Balaban J connectivity index is 2.07. The summed E-state index contributed by atoms with van der Waals surface area (Å²) in [4.78, 5) is 26.2. The summed E-state index contributed by atoms with van der Waals surface area (Å²) < 4.78 is 50.9. The number of esters is 1. The average Bonchev–Trinajstić information content (AvgIpc) is 3.62. The maximum absolute atomic E-state index is 13.5. The highest BCUT2D eigenvalue weighted by molar-refractivity contribution is 5.82. The number of carbonyl (C=O) groups is 2. The lowest BCUT2D eigenvalue weighted by molar-refractivity contribution is -0.142. The SMILES string of the molecule is CCOC(=O)Cc1ccc(OC)c(-c2ccc(C(F)(F)F)cc2CN(CC)C(=O)C2CC2)c1. The van der Waals surface area contributed by atoms with Crippen molar-refractivity contribution in [3.8, 4) is 16.9 Å². The zero-order valence-electron chi connectivity index (χ0n) is 19.0. The second-order valence-electron chi connectivity index (χ2n) is 8.01. The van der Waals surface area contributed by atoms with Gasteiger partial charge in [-0.15, -0.1) is 0 Å². The van der Waals surface area contributed by atoms with Gasteiger partial charge in [0.05, 0.1) is 25.7 Å². The first-order chi connectivity index (χ1) is 15.7. The fraction of sp³-hybridized carbons (Fsp3) is 0.440. The number of halogens is 3. The molecule has 1 fully saturated rings. The van der Waals surface area contributed by atoms with E-state index in [1.165, 1.54) is 13.2 Å². The number of rotatable bonds is 9. The molecule has 0 aromatic heterocycles. The minimum atomic E-state index is -4.51. The van der Waals surface area contributed by atoms with Gasteiger partial charge < -0.3 is 14.4 Å². The van der Waals surface area contributed by atoms with E-state index in [1.54, 1.807) is 30.0 Å². The van der Waals surface area contributed by atoms with E-state index in [-0.39, 0.29) is 31.4 Å². The number of carbonyl (C=O) groups excluding carboxylic acids is 2. The van der Waals surface area contributed by atoms with Crippen molar-refractivity contribution in [2.45, 2.75) is 45.8 Å². The molecule has 1 aliphatic carbocycles. The first-order valence-electron chi connectivity index (χ1n) is 11.0. The fourth-order valence-electron chi connectivity index (χ4n) is 3.76. The first-order valence-corrected chi connectivity index (χ1v) is 11.0. The van der Waals surface area contributed by atoms with E-state index in [9.17, 15) is 22.8 Å². The number of ether oxygens (including phenoxy) is 2. The third kappa shape index (κ3) is 6.06. The second kappa shape index (κ2) is 10.3. The minimum Gasteiger partial charge on any atom is -0.496 e. The van der Waals surface area contributed by atoms with Gasteiger partial charge in [0, 0.05) is 24.6 Å². The number of benzene rings is 2. The van der Waals surface area contributed by atoms with Crippen molar-refractivity contribution in [1.82, 2.24) is 4.90 Å². The molecule has 2 aromatic rings. The molecule has 0 bridgehead atoms. The highest BCUT2D eigenvalue weighted by Gasteiger charge is 2.34. The number of hydrogen-bond donors (Lipinski definition) is 0. The van der Waals surface area contributed by atoms with Crippen molar-refractivity contribution in [2.75, 3.05) is 20.3 Å². The van der Waals surface area contributed by atoms with E-state index in [0.717, 1.165) is 25.0 Å². The average molecular weight is 463 g/mol. The molecule has 1 saturated carbocycles. The van der Waals surface area contributed by atoms with Crippen molar-refractivity contribution in [3.63, 3.8) is 0 Å². The normalized spacial score (nSPS) is 13.5. The summed E-state index contributed by atoms with van der Waals surface area (Å²) in [6.07, 6.45) is -2.86. The van der Waals surface area contributed by atoms with Crippen LogP contribution in [0.2, 0.25) is 0 Å². The maximum atomic E-state index is 13.5. The number of alkyl halides is 3. The number of hydrogen-bond acceptors (Lipinski definition) is 4. The van der Waals surface area contributed by atoms with Crippen molar-refractivity contribution in [2.24, 2.45) is 5.92 Å². The molecule has 0 atom stereocenters. The van der Waals surface area contributed by atoms with Gasteiger partial charge in [0.2, 0.25) is 5.91 Å². The van der Waals surface area contributed by atoms with Gasteiger partial charge in [-0.2, -0.15) is 13.2 Å². The lowest BCUT2D eigenvalue weighted by atomic mass is 9.94. The zero-order chi connectivity index (χ0) is 24.2. The van der Waals surface area contributed by atoms with Crippen LogP contribution in [-0.2, 0) is 33.5 Å². The van der Waals surface area contributed by atoms with Crippen LogP contribution in [0.5, 0.6) is 5.75 Å². The molecule has 0 unspecified atom stereocenters. The molecule has 0 radical (unpaired) electrons. The van der Waals surface area contributed by atoms with E-state index in [0.29, 0.717) is 34.5 Å². The molecule has 0 aliphatic heterocycles. The van der Waals surface area contributed by atoms with Gasteiger partial charge in [-0.05, 0) is 67.6 Å². The molecule has 1 amide bonds. The molecule has 5 nitrogen and oxygen atoms in total. The standard InChI is InChI=1S/C25H28F3NO4/c1-4-29(24(31)17-7-8-17)15-18-14-19(25(26,27)28)9-10-20(18)21-12-16(6-11-22(21)32-3)13-23(30)33-5-2/h6,9-12,14,17H,4-5,7-8,13,15H2,1-3H3. The quantitative estimate of drug-likeness (QED) is 0.477. The first kappa shape index (κ1) is 24.6. The summed E-state index contributed by atoms with van der Waals surface area (Å²) in [6.45, 7) is 4.23. The van der Waals surface area contributed by atoms with Crippen molar-refractivity contribution < 1.29 is 32.2 Å². The highest BCUT2D eigenvalue weighted by atomic mass is 19.4. The molecule has 1 aliphatic rings. The number of methoxy groups -OCH3 is 1. The number of amides is 1. The van der Waals surface area contributed by atoms with Crippen LogP contribution < -0.4 is 4.74 Å². The highest BCUT2D eigenvalue weighted by Crippen LogP contribution is 2.38. The van der Waals surface area contributed by atoms with Crippen molar-refractivity contribution >= 4 is 11.9 Å². The van der Waals surface area contributed by atoms with Crippen LogP contribution in [0.3, 0.4) is 0 Å². The van der Waals surface area contributed by atoms with Crippen LogP contribution >= 0.6 is 0 Å². The van der Waals surface area contributed by atoms with Crippen molar-refractivity contribution in [3.05, 3.63) is 53.1 Å². The van der Waals surface area contributed by atoms with E-state index in [1.807, 2.05) is 6.92 Å². The topological polar surface area (TPSA) is 55.8 Å². The van der Waals surface area contributed by atoms with E-state index in [4.69, 9.17) is 9.47 Å². The molecular weight excluding hydrogens is 435 g/mol. The predicted molar refractivity (Wildman–Crippen MR) is 118 cm³/mol.